The molecule has 0 rings (SSSR count). The third-order valence-electron chi connectivity index (χ3n) is 0.977. The quantitative estimate of drug-likeness (QED) is 0.384. The third-order valence-corrected chi connectivity index (χ3v) is 2.12. The van der Waals surface area contributed by atoms with E-state index in [0.717, 1.165) is 5.25 Å². The summed E-state index contributed by atoms with van der Waals surface area (Å²) in [6.07, 6.45) is 4.69. The third kappa shape index (κ3) is 276. The van der Waals surface area contributed by atoms with E-state index in [1.807, 2.05) is 25.6 Å². The van der Waals surface area contributed by atoms with Crippen LogP contribution in [0.3, 0.4) is 0 Å². The summed E-state index contributed by atoms with van der Waals surface area (Å²) in [5, 5.41) is 0.852. The molecule has 6 nitrogen and oxygen atoms in total. The molecule has 0 aliphatic rings. The van der Waals surface area contributed by atoms with E-state index in [0.29, 0.717) is 0 Å². The van der Waals surface area contributed by atoms with Gasteiger partial charge in [-0.25, -0.2) is 0 Å². The lowest BCUT2D eigenvalue weighted by Gasteiger charge is -1.98. The van der Waals surface area contributed by atoms with Crippen molar-refractivity contribution in [1.29, 1.82) is 0 Å². The molecule has 0 aliphatic heterocycles. The van der Waals surface area contributed by atoms with Gasteiger partial charge in [0.15, 0.2) is 0 Å². The largest absolute Gasteiger partial charge is 0.325 e. The molecule has 0 bridgehead atoms. The molecule has 0 amide bonds. The van der Waals surface area contributed by atoms with Crippen LogP contribution >= 0.6 is 25.2 Å². The van der Waals surface area contributed by atoms with E-state index >= 15 is 0 Å². The van der Waals surface area contributed by atoms with Gasteiger partial charge in [0.25, 0.3) is 0 Å². The fourth-order valence-corrected chi connectivity index (χ4v) is 0.500. The second-order valence-corrected chi connectivity index (χ2v) is 9.46. The van der Waals surface area contributed by atoms with E-state index in [9.17, 15) is 0 Å². The van der Waals surface area contributed by atoms with Crippen LogP contribution in [-0.4, -0.2) is 40.9 Å². The minimum absolute atomic E-state index is 0.852. The van der Waals surface area contributed by atoms with Crippen molar-refractivity contribution in [1.82, 2.24) is 0 Å². The second kappa shape index (κ2) is 23.7. The van der Waals surface area contributed by atoms with Gasteiger partial charge in [0.05, 0.1) is 0 Å². The molecule has 21 heavy (non-hydrogen) atoms. The Morgan fingerprint density at radius 1 is 0.857 bits per heavy atom. The molecule has 0 radical (unpaired) electrons. The predicted octanol–water partition coefficient (Wildman–Crippen LogP) is 2.97. The van der Waals surface area contributed by atoms with Crippen LogP contribution in [0.15, 0.2) is 0 Å². The molecule has 1 unspecified atom stereocenters. The average molecular weight is 407 g/mol. The number of hydrogen-bond acceptors (Lipinski definition) is 3. The van der Waals surface area contributed by atoms with Crippen LogP contribution in [0.25, 0.3) is 0 Å². The van der Waals surface area contributed by atoms with Gasteiger partial charge in [0.1, 0.15) is 0 Å². The van der Waals surface area contributed by atoms with Crippen molar-refractivity contribution in [3.8, 4) is 0 Å². The summed E-state index contributed by atoms with van der Waals surface area (Å²) in [5.74, 6) is 0. The summed E-state index contributed by atoms with van der Waals surface area (Å²) in [6, 6.07) is 0. The second-order valence-electron chi connectivity index (χ2n) is 3.19. The maximum atomic E-state index is 7.56. The van der Waals surface area contributed by atoms with Crippen LogP contribution in [0.5, 0.6) is 0 Å². The first-order valence-corrected chi connectivity index (χ1v) is 12.9. The molecular formula is C10H32O6P2S3. The highest BCUT2D eigenvalue weighted by molar-refractivity contribution is 8.06. The van der Waals surface area contributed by atoms with E-state index in [1.54, 1.807) is 0 Å². The minimum Gasteiger partial charge on any atom is -0.325 e. The molecule has 136 valence electrons. The summed E-state index contributed by atoms with van der Waals surface area (Å²) in [4.78, 5) is 45.3. The Balaban J connectivity index is -0.0000000532. The van der Waals surface area contributed by atoms with Crippen molar-refractivity contribution < 1.29 is 29.4 Å². The van der Waals surface area contributed by atoms with E-state index < -0.39 is 13.4 Å². The van der Waals surface area contributed by atoms with Crippen molar-refractivity contribution in [2.45, 2.75) is 59.6 Å². The topological polar surface area (TPSA) is 121 Å². The molecule has 1 atom stereocenters. The van der Waals surface area contributed by atoms with Gasteiger partial charge < -0.3 is 29.4 Å². The Bertz CT molecular complexity index is 217. The van der Waals surface area contributed by atoms with Gasteiger partial charge in [0.2, 0.25) is 0 Å². The molecule has 11 heteroatoms. The van der Waals surface area contributed by atoms with Crippen LogP contribution < -0.4 is 0 Å². The van der Waals surface area contributed by atoms with E-state index in [2.05, 4.69) is 57.6 Å². The summed E-state index contributed by atoms with van der Waals surface area (Å²) < 4.78 is 0. The summed E-state index contributed by atoms with van der Waals surface area (Å²) >= 11 is 9.13. The van der Waals surface area contributed by atoms with Crippen LogP contribution in [-0.2, 0) is 23.6 Å². The lowest BCUT2D eigenvalue weighted by Crippen LogP contribution is -1.87. The van der Waals surface area contributed by atoms with Gasteiger partial charge in [-0.15, -0.1) is 0 Å². The molecule has 0 saturated heterocycles. The van der Waals surface area contributed by atoms with Crippen molar-refractivity contribution in [3.05, 3.63) is 0 Å². The highest BCUT2D eigenvalue weighted by Gasteiger charge is 1.92. The van der Waals surface area contributed by atoms with Crippen molar-refractivity contribution in [2.24, 2.45) is 0 Å². The van der Waals surface area contributed by atoms with Crippen molar-refractivity contribution >= 4 is 48.8 Å². The zero-order chi connectivity index (χ0) is 18.7. The maximum Gasteiger partial charge on any atom is 0.319 e. The molecule has 0 aromatic rings. The van der Waals surface area contributed by atoms with Gasteiger partial charge >= 0.3 is 13.4 Å². The Morgan fingerprint density at radius 3 is 1.00 bits per heavy atom. The molecule has 0 aliphatic carbocycles. The first kappa shape index (κ1) is 33.9. The maximum absolute atomic E-state index is 7.56. The molecule has 0 saturated carbocycles. The molecule has 0 aromatic heterocycles. The van der Waals surface area contributed by atoms with Gasteiger partial charge in [-0.1, -0.05) is 48.0 Å². The molecule has 0 aromatic carbocycles. The summed E-state index contributed by atoms with van der Waals surface area (Å²) in [6.45, 7) is 5.09. The Morgan fingerprint density at radius 2 is 1.00 bits per heavy atom. The fourth-order valence-electron chi connectivity index (χ4n) is 0.167. The van der Waals surface area contributed by atoms with Crippen LogP contribution in [0.1, 0.15) is 54.4 Å². The SMILES string of the molecule is CC.CCC.CCC(C)SC.OP(O)(O)=S.OP(O)(O)=S. The van der Waals surface area contributed by atoms with Crippen molar-refractivity contribution in [3.63, 3.8) is 0 Å². The number of rotatable bonds is 2. The van der Waals surface area contributed by atoms with E-state index in [1.165, 1.54) is 12.8 Å². The molecule has 0 fully saturated rings. The normalized spacial score (nSPS) is 10.9. The van der Waals surface area contributed by atoms with Gasteiger partial charge in [0, 0.05) is 5.25 Å². The van der Waals surface area contributed by atoms with Crippen LogP contribution in [0.2, 0.25) is 0 Å². The van der Waals surface area contributed by atoms with E-state index in [4.69, 9.17) is 29.4 Å². The molecule has 0 spiro atoms. The molecule has 6 N–H and O–H groups in total. The van der Waals surface area contributed by atoms with Gasteiger partial charge in [-0.05, 0) is 36.3 Å². The Hall–Kier alpha value is 1.41. The number of hydrogen-bond donors (Lipinski definition) is 6. The lowest BCUT2D eigenvalue weighted by molar-refractivity contribution is 0.361. The molecular weight excluding hydrogens is 374 g/mol. The average Bonchev–Trinajstić information content (AvgIpc) is 2.27. The lowest BCUT2D eigenvalue weighted by atomic mass is 10.4. The highest BCUT2D eigenvalue weighted by atomic mass is 32.5. The Labute approximate surface area is 144 Å². The zero-order valence-corrected chi connectivity index (χ0v) is 18.0. The predicted molar refractivity (Wildman–Crippen MR) is 102 cm³/mol. The number of thioether (sulfide) groups is 1. The highest BCUT2D eigenvalue weighted by Crippen LogP contribution is 2.26. The fraction of sp³-hybridized carbons (Fsp3) is 1.00. The summed E-state index contributed by atoms with van der Waals surface area (Å²) in [5.41, 5.74) is 0. The zero-order valence-electron chi connectivity index (χ0n) is 13.8. The van der Waals surface area contributed by atoms with Gasteiger partial charge in [-0.3, -0.25) is 0 Å². The van der Waals surface area contributed by atoms with Gasteiger partial charge in [-0.2, -0.15) is 11.8 Å². The van der Waals surface area contributed by atoms with Crippen LogP contribution in [0, 0.1) is 0 Å². The van der Waals surface area contributed by atoms with Crippen molar-refractivity contribution in [2.75, 3.05) is 6.26 Å². The molecule has 0 heterocycles. The smallest absolute Gasteiger partial charge is 0.319 e. The Kier molecular flexibility index (Phi) is 38.2. The first-order valence-electron chi connectivity index (χ1n) is 6.32. The first-order chi connectivity index (χ1) is 9.22. The van der Waals surface area contributed by atoms with E-state index in [-0.39, 0.29) is 0 Å². The summed E-state index contributed by atoms with van der Waals surface area (Å²) in [7, 11) is 0. The minimum atomic E-state index is -3.81. The monoisotopic (exact) mass is 406 g/mol. The standard InChI is InChI=1S/C5H12S.C3H8.C2H6.2H3O3PS/c1-4-5(2)6-3;1-3-2;1-2;2*1-4(2,3)5/h5H,4H2,1-3H3;3H2,1-2H3;1-2H3;2*(H3,1,2,3,5). The van der Waals surface area contributed by atoms with Crippen LogP contribution in [0.4, 0.5) is 0 Å².